The fourth-order valence-corrected chi connectivity index (χ4v) is 1.64. The molecule has 22 heavy (non-hydrogen) atoms. The van der Waals surface area contributed by atoms with Gasteiger partial charge in [0.15, 0.2) is 0 Å². The van der Waals surface area contributed by atoms with Gasteiger partial charge in [0.2, 0.25) is 5.91 Å². The largest absolute Gasteiger partial charge is 0.491 e. The molecule has 3 N–H and O–H groups in total. The van der Waals surface area contributed by atoms with Crippen LogP contribution in [-0.4, -0.2) is 32.3 Å². The quantitative estimate of drug-likeness (QED) is 0.751. The Hall–Kier alpha value is -1.30. The minimum absolute atomic E-state index is 0. The number of hydrogen-bond donors (Lipinski definition) is 2. The second-order valence-electron chi connectivity index (χ2n) is 6.05. The predicted molar refractivity (Wildman–Crippen MR) is 90.3 cm³/mol. The summed E-state index contributed by atoms with van der Waals surface area (Å²) in [6, 6.07) is 7.08. The molecule has 0 heterocycles. The summed E-state index contributed by atoms with van der Waals surface area (Å²) in [5.41, 5.74) is 6.66. The van der Waals surface area contributed by atoms with Gasteiger partial charge in [0.1, 0.15) is 12.4 Å². The fraction of sp³-hybridized carbons (Fsp3) is 0.562. The second-order valence-corrected chi connectivity index (χ2v) is 6.05. The van der Waals surface area contributed by atoms with E-state index in [4.69, 9.17) is 15.2 Å². The monoisotopic (exact) mass is 330 g/mol. The van der Waals surface area contributed by atoms with E-state index < -0.39 is 6.04 Å². The van der Waals surface area contributed by atoms with E-state index in [9.17, 15) is 4.79 Å². The number of methoxy groups -OCH3 is 1. The van der Waals surface area contributed by atoms with Gasteiger partial charge < -0.3 is 20.5 Å². The van der Waals surface area contributed by atoms with Crippen molar-refractivity contribution in [3.63, 3.8) is 0 Å². The van der Waals surface area contributed by atoms with Gasteiger partial charge in [0.25, 0.3) is 0 Å². The molecule has 0 aliphatic rings. The Morgan fingerprint density at radius 3 is 2.32 bits per heavy atom. The van der Waals surface area contributed by atoms with Crippen molar-refractivity contribution in [2.45, 2.75) is 33.4 Å². The summed E-state index contributed by atoms with van der Waals surface area (Å²) in [7, 11) is 1.64. The van der Waals surface area contributed by atoms with Gasteiger partial charge in [-0.2, -0.15) is 0 Å². The summed E-state index contributed by atoms with van der Waals surface area (Å²) < 4.78 is 10.4. The maximum absolute atomic E-state index is 11.9. The molecule has 0 unspecified atom stereocenters. The smallest absolute Gasteiger partial charge is 0.237 e. The number of ether oxygens (including phenoxy) is 2. The van der Waals surface area contributed by atoms with E-state index in [1.165, 1.54) is 0 Å². The third-order valence-electron chi connectivity index (χ3n) is 3.16. The van der Waals surface area contributed by atoms with Crippen molar-refractivity contribution in [1.29, 1.82) is 0 Å². The van der Waals surface area contributed by atoms with Crippen LogP contribution in [0.5, 0.6) is 5.75 Å². The van der Waals surface area contributed by atoms with Crippen LogP contribution in [0.1, 0.15) is 26.3 Å². The molecule has 126 valence electrons. The topological polar surface area (TPSA) is 73.6 Å². The highest BCUT2D eigenvalue weighted by atomic mass is 35.5. The number of halogens is 1. The lowest BCUT2D eigenvalue weighted by Crippen LogP contribution is -2.48. The van der Waals surface area contributed by atoms with E-state index in [1.54, 1.807) is 7.11 Å². The lowest BCUT2D eigenvalue weighted by atomic mass is 9.87. The molecule has 1 amide bonds. The average molecular weight is 331 g/mol. The van der Waals surface area contributed by atoms with E-state index in [0.29, 0.717) is 19.8 Å². The van der Waals surface area contributed by atoms with Crippen LogP contribution < -0.4 is 15.8 Å². The predicted octanol–water partition coefficient (Wildman–Crippen LogP) is 2.12. The van der Waals surface area contributed by atoms with E-state index in [0.717, 1.165) is 11.3 Å². The van der Waals surface area contributed by atoms with Crippen molar-refractivity contribution in [2.24, 2.45) is 11.1 Å². The van der Waals surface area contributed by atoms with Crippen molar-refractivity contribution >= 4 is 18.3 Å². The number of hydrogen-bond acceptors (Lipinski definition) is 4. The number of nitrogens with two attached hydrogens (primary N) is 1. The molecule has 0 fully saturated rings. The van der Waals surface area contributed by atoms with Crippen molar-refractivity contribution in [1.82, 2.24) is 5.32 Å². The molecular weight excluding hydrogens is 304 g/mol. The minimum atomic E-state index is -0.519. The molecule has 0 aliphatic carbocycles. The average Bonchev–Trinajstić information content (AvgIpc) is 2.44. The normalized spacial score (nSPS) is 12.2. The standard InChI is InChI=1S/C16H26N2O3.ClH/c1-16(2,3)14(17)15(19)18-11-12-5-7-13(8-6-12)21-10-9-20-4;/h5-8,14H,9-11,17H2,1-4H3,(H,18,19);1H/t14-;/m1./s1. The number of amides is 1. The Bertz CT molecular complexity index is 444. The van der Waals surface area contributed by atoms with Crippen molar-refractivity contribution in [2.75, 3.05) is 20.3 Å². The van der Waals surface area contributed by atoms with Gasteiger partial charge in [-0.3, -0.25) is 4.79 Å². The molecule has 5 nitrogen and oxygen atoms in total. The summed E-state index contributed by atoms with van der Waals surface area (Å²) in [4.78, 5) is 11.9. The van der Waals surface area contributed by atoms with Crippen LogP contribution in [0.25, 0.3) is 0 Å². The summed E-state index contributed by atoms with van der Waals surface area (Å²) in [6.07, 6.45) is 0. The van der Waals surface area contributed by atoms with E-state index in [-0.39, 0.29) is 23.7 Å². The van der Waals surface area contributed by atoms with Crippen molar-refractivity contribution in [3.05, 3.63) is 29.8 Å². The molecule has 0 bridgehead atoms. The lowest BCUT2D eigenvalue weighted by Gasteiger charge is -2.25. The first-order chi connectivity index (χ1) is 9.84. The second kappa shape index (κ2) is 9.66. The highest BCUT2D eigenvalue weighted by Crippen LogP contribution is 2.17. The van der Waals surface area contributed by atoms with Gasteiger partial charge in [0.05, 0.1) is 12.6 Å². The molecule has 1 aromatic carbocycles. The molecule has 1 rings (SSSR count). The van der Waals surface area contributed by atoms with E-state index >= 15 is 0 Å². The molecule has 0 radical (unpaired) electrons. The number of carbonyl (C=O) groups is 1. The van der Waals surface area contributed by atoms with Gasteiger partial charge in [-0.15, -0.1) is 12.4 Å². The first-order valence-electron chi connectivity index (χ1n) is 7.08. The number of rotatable bonds is 7. The van der Waals surface area contributed by atoms with Crippen molar-refractivity contribution in [3.8, 4) is 5.75 Å². The maximum atomic E-state index is 11.9. The summed E-state index contributed by atoms with van der Waals surface area (Å²) in [5, 5.41) is 2.85. The van der Waals surface area contributed by atoms with Gasteiger partial charge in [-0.25, -0.2) is 0 Å². The Labute approximate surface area is 139 Å². The zero-order chi connectivity index (χ0) is 15.9. The van der Waals surface area contributed by atoms with Crippen LogP contribution in [0, 0.1) is 5.41 Å². The van der Waals surface area contributed by atoms with Crippen LogP contribution in [0.15, 0.2) is 24.3 Å². The zero-order valence-corrected chi connectivity index (χ0v) is 14.5. The summed E-state index contributed by atoms with van der Waals surface area (Å²) in [5.74, 6) is 0.649. The maximum Gasteiger partial charge on any atom is 0.237 e. The minimum Gasteiger partial charge on any atom is -0.491 e. The number of carbonyl (C=O) groups excluding carboxylic acids is 1. The SMILES string of the molecule is COCCOc1ccc(CNC(=O)[C@@H](N)C(C)(C)C)cc1.Cl. The van der Waals surface area contributed by atoms with Gasteiger partial charge in [-0.1, -0.05) is 32.9 Å². The van der Waals surface area contributed by atoms with Gasteiger partial charge in [0, 0.05) is 13.7 Å². The highest BCUT2D eigenvalue weighted by Gasteiger charge is 2.26. The third-order valence-corrected chi connectivity index (χ3v) is 3.16. The van der Waals surface area contributed by atoms with Crippen LogP contribution in [0.4, 0.5) is 0 Å². The number of benzene rings is 1. The van der Waals surface area contributed by atoms with E-state index in [1.807, 2.05) is 45.0 Å². The molecule has 6 heteroatoms. The molecular formula is C16H27ClN2O3. The van der Waals surface area contributed by atoms with Crippen LogP contribution in [0.2, 0.25) is 0 Å². The number of nitrogens with one attached hydrogen (secondary N) is 1. The Balaban J connectivity index is 0.00000441. The van der Waals surface area contributed by atoms with Gasteiger partial charge >= 0.3 is 0 Å². The first-order valence-corrected chi connectivity index (χ1v) is 7.08. The summed E-state index contributed by atoms with van der Waals surface area (Å²) in [6.45, 7) is 7.38. The molecule has 0 saturated carbocycles. The first kappa shape index (κ1) is 20.7. The van der Waals surface area contributed by atoms with Crippen LogP contribution in [-0.2, 0) is 16.1 Å². The lowest BCUT2D eigenvalue weighted by molar-refractivity contribution is -0.124. The molecule has 0 spiro atoms. The van der Waals surface area contributed by atoms with Crippen molar-refractivity contribution < 1.29 is 14.3 Å². The zero-order valence-electron chi connectivity index (χ0n) is 13.7. The Morgan fingerprint density at radius 1 is 1.23 bits per heavy atom. The molecule has 1 atom stereocenters. The third kappa shape index (κ3) is 7.11. The molecule has 1 aromatic rings. The van der Waals surface area contributed by atoms with Gasteiger partial charge in [-0.05, 0) is 23.1 Å². The Morgan fingerprint density at radius 2 is 1.82 bits per heavy atom. The van der Waals surface area contributed by atoms with E-state index in [2.05, 4.69) is 5.32 Å². The highest BCUT2D eigenvalue weighted by molar-refractivity contribution is 5.85. The Kier molecular flexibility index (Phi) is 9.09. The fourth-order valence-electron chi connectivity index (χ4n) is 1.64. The molecule has 0 aromatic heterocycles. The summed E-state index contributed by atoms with van der Waals surface area (Å²) >= 11 is 0. The van der Waals surface area contributed by atoms with Crippen LogP contribution >= 0.6 is 12.4 Å². The molecule has 0 saturated heterocycles. The molecule has 0 aliphatic heterocycles. The van der Waals surface area contributed by atoms with Crippen LogP contribution in [0.3, 0.4) is 0 Å².